The summed E-state index contributed by atoms with van der Waals surface area (Å²) in [7, 11) is 0. The first kappa shape index (κ1) is 33.9. The predicted octanol–water partition coefficient (Wildman–Crippen LogP) is 15.1. The van der Waals surface area contributed by atoms with Gasteiger partial charge in [0.1, 0.15) is 0 Å². The number of anilines is 6. The summed E-state index contributed by atoms with van der Waals surface area (Å²) in [5.74, 6) is 0. The van der Waals surface area contributed by atoms with Crippen molar-refractivity contribution in [1.29, 1.82) is 0 Å². The second kappa shape index (κ2) is 14.9. The van der Waals surface area contributed by atoms with E-state index in [0.717, 1.165) is 50.9 Å². The number of hydrogen-bond acceptors (Lipinski definition) is 2. The molecule has 0 fully saturated rings. The van der Waals surface area contributed by atoms with Crippen LogP contribution in [-0.4, -0.2) is 4.57 Å². The lowest BCUT2D eigenvalue weighted by Crippen LogP contribution is -2.10. The molecule has 3 heteroatoms. The molecule has 0 atom stereocenters. The van der Waals surface area contributed by atoms with Crippen LogP contribution in [-0.2, 0) is 0 Å². The van der Waals surface area contributed by atoms with Gasteiger partial charge in [-0.25, -0.2) is 0 Å². The third-order valence-electron chi connectivity index (χ3n) is 10.8. The number of rotatable bonds is 9. The standard InChI is InChI=1S/C54H39N3/c1-6-18-42(19-7-1)55(43-20-8-2-9-21-43)47-33-30-40(31-34-47)49-36-35-48(56(44-22-10-3-11-23-44)45-24-12-4-13-25-45)39-51(49)41-32-37-54-52(38-41)50-28-16-17-29-53(50)57(54)46-26-14-5-15-27-46/h1-39H. The Labute approximate surface area is 333 Å². The molecule has 0 aliphatic rings. The van der Waals surface area contributed by atoms with Crippen LogP contribution in [0.3, 0.4) is 0 Å². The third-order valence-corrected chi connectivity index (χ3v) is 10.8. The lowest BCUT2D eigenvalue weighted by Gasteiger charge is -2.27. The fourth-order valence-electron chi connectivity index (χ4n) is 8.15. The van der Waals surface area contributed by atoms with E-state index in [1.807, 2.05) is 0 Å². The quantitative estimate of drug-likeness (QED) is 0.147. The lowest BCUT2D eigenvalue weighted by atomic mass is 9.92. The Balaban J connectivity index is 1.16. The summed E-state index contributed by atoms with van der Waals surface area (Å²) in [6, 6.07) is 84.7. The van der Waals surface area contributed by atoms with E-state index in [-0.39, 0.29) is 0 Å². The minimum Gasteiger partial charge on any atom is -0.311 e. The number of para-hydroxylation sites is 6. The molecule has 9 aromatic carbocycles. The van der Waals surface area contributed by atoms with Crippen molar-refractivity contribution in [3.8, 4) is 27.9 Å². The first-order valence-corrected chi connectivity index (χ1v) is 19.4. The molecule has 0 amide bonds. The highest BCUT2D eigenvalue weighted by Gasteiger charge is 2.19. The average Bonchev–Trinajstić information content (AvgIpc) is 3.62. The van der Waals surface area contributed by atoms with Gasteiger partial charge >= 0.3 is 0 Å². The number of aromatic nitrogens is 1. The summed E-state index contributed by atoms with van der Waals surface area (Å²) in [4.78, 5) is 4.65. The van der Waals surface area contributed by atoms with Gasteiger partial charge in [-0.3, -0.25) is 0 Å². The van der Waals surface area contributed by atoms with E-state index in [9.17, 15) is 0 Å². The van der Waals surface area contributed by atoms with E-state index in [2.05, 4.69) is 251 Å². The minimum atomic E-state index is 1.09. The highest BCUT2D eigenvalue weighted by molar-refractivity contribution is 6.11. The van der Waals surface area contributed by atoms with Crippen molar-refractivity contribution in [1.82, 2.24) is 4.57 Å². The van der Waals surface area contributed by atoms with Crippen molar-refractivity contribution in [2.45, 2.75) is 0 Å². The van der Waals surface area contributed by atoms with Crippen molar-refractivity contribution in [3.05, 3.63) is 237 Å². The normalized spacial score (nSPS) is 11.2. The van der Waals surface area contributed by atoms with Gasteiger partial charge in [0.25, 0.3) is 0 Å². The second-order valence-corrected chi connectivity index (χ2v) is 14.2. The molecule has 1 heterocycles. The van der Waals surface area contributed by atoms with E-state index >= 15 is 0 Å². The van der Waals surface area contributed by atoms with Gasteiger partial charge in [-0.2, -0.15) is 0 Å². The van der Waals surface area contributed by atoms with E-state index in [1.54, 1.807) is 0 Å². The molecule has 1 aromatic heterocycles. The summed E-state index contributed by atoms with van der Waals surface area (Å²) in [6.07, 6.45) is 0. The molecule has 3 nitrogen and oxygen atoms in total. The summed E-state index contributed by atoms with van der Waals surface area (Å²) < 4.78 is 2.38. The van der Waals surface area contributed by atoms with Crippen molar-refractivity contribution in [2.75, 3.05) is 9.80 Å². The number of benzene rings is 9. The van der Waals surface area contributed by atoms with Crippen LogP contribution in [0.1, 0.15) is 0 Å². The SMILES string of the molecule is c1ccc(N(c2ccccc2)c2ccc(-c3ccc(N(c4ccccc4)c4ccccc4)cc3-c3ccc4c(c3)c3ccccc3n4-c3ccccc3)cc2)cc1. The van der Waals surface area contributed by atoms with Gasteiger partial charge in [-0.1, -0.05) is 133 Å². The maximum Gasteiger partial charge on any atom is 0.0541 e. The van der Waals surface area contributed by atoms with Crippen LogP contribution in [0.2, 0.25) is 0 Å². The molecule has 0 N–H and O–H groups in total. The smallest absolute Gasteiger partial charge is 0.0541 e. The fourth-order valence-corrected chi connectivity index (χ4v) is 8.15. The van der Waals surface area contributed by atoms with Gasteiger partial charge in [0.2, 0.25) is 0 Å². The Kier molecular flexibility index (Phi) is 8.86. The van der Waals surface area contributed by atoms with Crippen LogP contribution in [0.4, 0.5) is 34.1 Å². The molecular formula is C54H39N3. The summed E-state index contributed by atoms with van der Waals surface area (Å²) in [6.45, 7) is 0. The zero-order chi connectivity index (χ0) is 38.0. The predicted molar refractivity (Wildman–Crippen MR) is 241 cm³/mol. The topological polar surface area (TPSA) is 11.4 Å². The molecule has 0 unspecified atom stereocenters. The van der Waals surface area contributed by atoms with Gasteiger partial charge < -0.3 is 14.4 Å². The van der Waals surface area contributed by atoms with Crippen LogP contribution in [0.25, 0.3) is 49.7 Å². The maximum atomic E-state index is 2.38. The van der Waals surface area contributed by atoms with Gasteiger partial charge in [0.15, 0.2) is 0 Å². The average molecular weight is 730 g/mol. The van der Waals surface area contributed by atoms with Crippen LogP contribution in [0, 0.1) is 0 Å². The van der Waals surface area contributed by atoms with Crippen LogP contribution < -0.4 is 9.80 Å². The Morgan fingerprint density at radius 3 is 1.25 bits per heavy atom. The van der Waals surface area contributed by atoms with Crippen molar-refractivity contribution in [3.63, 3.8) is 0 Å². The van der Waals surface area contributed by atoms with Crippen LogP contribution in [0.15, 0.2) is 237 Å². The maximum absolute atomic E-state index is 2.38. The Morgan fingerprint density at radius 1 is 0.263 bits per heavy atom. The summed E-state index contributed by atoms with van der Waals surface area (Å²) in [5, 5.41) is 2.46. The first-order valence-electron chi connectivity index (χ1n) is 19.4. The van der Waals surface area contributed by atoms with Gasteiger partial charge in [0, 0.05) is 50.6 Å². The number of hydrogen-bond donors (Lipinski definition) is 0. The first-order chi connectivity index (χ1) is 28.3. The molecule has 10 aromatic rings. The van der Waals surface area contributed by atoms with Gasteiger partial charge in [-0.05, 0) is 125 Å². The van der Waals surface area contributed by atoms with Crippen LogP contribution >= 0.6 is 0 Å². The Morgan fingerprint density at radius 2 is 0.684 bits per heavy atom. The van der Waals surface area contributed by atoms with E-state index < -0.39 is 0 Å². The number of nitrogens with zero attached hydrogens (tertiary/aromatic N) is 3. The molecule has 0 bridgehead atoms. The molecule has 10 rings (SSSR count). The van der Waals surface area contributed by atoms with E-state index in [1.165, 1.54) is 32.9 Å². The van der Waals surface area contributed by atoms with Crippen molar-refractivity contribution in [2.24, 2.45) is 0 Å². The zero-order valence-corrected chi connectivity index (χ0v) is 31.4. The molecule has 0 spiro atoms. The second-order valence-electron chi connectivity index (χ2n) is 14.2. The molecule has 270 valence electrons. The molecular weight excluding hydrogens is 691 g/mol. The fraction of sp³-hybridized carbons (Fsp3) is 0. The number of fused-ring (bicyclic) bond motifs is 3. The summed E-state index contributed by atoms with van der Waals surface area (Å²) in [5.41, 5.74) is 14.8. The lowest BCUT2D eigenvalue weighted by molar-refractivity contribution is 1.18. The van der Waals surface area contributed by atoms with Crippen LogP contribution in [0.5, 0.6) is 0 Å². The third kappa shape index (κ3) is 6.41. The van der Waals surface area contributed by atoms with Gasteiger partial charge in [-0.15, -0.1) is 0 Å². The molecule has 0 aliphatic carbocycles. The zero-order valence-electron chi connectivity index (χ0n) is 31.4. The van der Waals surface area contributed by atoms with E-state index in [4.69, 9.17) is 0 Å². The molecule has 0 aliphatic heterocycles. The van der Waals surface area contributed by atoms with Crippen molar-refractivity contribution >= 4 is 55.9 Å². The highest BCUT2D eigenvalue weighted by atomic mass is 15.1. The molecule has 0 radical (unpaired) electrons. The monoisotopic (exact) mass is 729 g/mol. The molecule has 57 heavy (non-hydrogen) atoms. The van der Waals surface area contributed by atoms with Crippen molar-refractivity contribution < 1.29 is 0 Å². The molecule has 0 saturated heterocycles. The largest absolute Gasteiger partial charge is 0.311 e. The Bertz CT molecular complexity index is 2840. The minimum absolute atomic E-state index is 1.09. The molecule has 0 saturated carbocycles. The summed E-state index contributed by atoms with van der Waals surface area (Å²) >= 11 is 0. The highest BCUT2D eigenvalue weighted by Crippen LogP contribution is 2.43. The van der Waals surface area contributed by atoms with Gasteiger partial charge in [0.05, 0.1) is 11.0 Å². The van der Waals surface area contributed by atoms with E-state index in [0.29, 0.717) is 0 Å². The Hall–Kier alpha value is -7.62.